The molecule has 15 heavy (non-hydrogen) atoms. The summed E-state index contributed by atoms with van der Waals surface area (Å²) in [6, 6.07) is 0.0131. The van der Waals surface area contributed by atoms with Crippen molar-refractivity contribution in [2.24, 2.45) is 5.92 Å². The van der Waals surface area contributed by atoms with Crippen molar-refractivity contribution in [1.29, 1.82) is 0 Å². The number of ether oxygens (including phenoxy) is 1. The Balaban J connectivity index is 2.38. The van der Waals surface area contributed by atoms with Crippen LogP contribution in [0.3, 0.4) is 0 Å². The van der Waals surface area contributed by atoms with Crippen LogP contribution in [0, 0.1) is 5.92 Å². The predicted molar refractivity (Wildman–Crippen MR) is 57.5 cm³/mol. The minimum atomic E-state index is 0.0131. The van der Waals surface area contributed by atoms with Crippen molar-refractivity contribution in [2.45, 2.75) is 32.7 Å². The van der Waals surface area contributed by atoms with Gasteiger partial charge >= 0.3 is 0 Å². The number of carbonyl (C=O) groups excluding carboxylic acids is 1. The van der Waals surface area contributed by atoms with Gasteiger partial charge in [-0.15, -0.1) is 0 Å². The van der Waals surface area contributed by atoms with Gasteiger partial charge in [0.25, 0.3) is 0 Å². The highest BCUT2D eigenvalue weighted by Gasteiger charge is 2.33. The molecule has 1 rings (SSSR count). The molecule has 0 aromatic heterocycles. The van der Waals surface area contributed by atoms with Gasteiger partial charge < -0.3 is 14.7 Å². The molecule has 0 aliphatic carbocycles. The summed E-state index contributed by atoms with van der Waals surface area (Å²) in [7, 11) is 0. The molecule has 0 radical (unpaired) electrons. The summed E-state index contributed by atoms with van der Waals surface area (Å²) in [6.07, 6.45) is 1.42. The maximum Gasteiger partial charge on any atom is 0.225 e. The lowest BCUT2D eigenvalue weighted by atomic mass is 10.0. The molecule has 1 aliphatic heterocycles. The molecule has 1 aliphatic rings. The van der Waals surface area contributed by atoms with Crippen LogP contribution in [0.1, 0.15) is 26.7 Å². The normalized spacial score (nSPS) is 25.9. The van der Waals surface area contributed by atoms with E-state index in [9.17, 15) is 9.90 Å². The van der Waals surface area contributed by atoms with Crippen LogP contribution in [0.5, 0.6) is 0 Å². The minimum Gasteiger partial charge on any atom is -0.394 e. The molecule has 1 heterocycles. The number of aliphatic hydroxyl groups is 1. The number of hydrogen-bond donors (Lipinski definition) is 1. The minimum absolute atomic E-state index is 0.0131. The Labute approximate surface area is 91.2 Å². The predicted octanol–water partition coefficient (Wildman–Crippen LogP) is 0.642. The molecule has 0 aromatic carbocycles. The number of rotatable bonds is 5. The van der Waals surface area contributed by atoms with Gasteiger partial charge in [-0.1, -0.05) is 6.92 Å². The Morgan fingerprint density at radius 3 is 2.93 bits per heavy atom. The molecule has 2 atom stereocenters. The van der Waals surface area contributed by atoms with E-state index in [0.29, 0.717) is 25.6 Å². The van der Waals surface area contributed by atoms with Crippen LogP contribution in [0.2, 0.25) is 0 Å². The van der Waals surface area contributed by atoms with Crippen LogP contribution in [-0.4, -0.2) is 48.3 Å². The highest BCUT2D eigenvalue weighted by Crippen LogP contribution is 2.23. The van der Waals surface area contributed by atoms with E-state index >= 15 is 0 Å². The second kappa shape index (κ2) is 6.08. The quantitative estimate of drug-likeness (QED) is 0.685. The largest absolute Gasteiger partial charge is 0.394 e. The van der Waals surface area contributed by atoms with Crippen molar-refractivity contribution in [3.63, 3.8) is 0 Å². The van der Waals surface area contributed by atoms with Crippen molar-refractivity contribution < 1.29 is 14.6 Å². The molecule has 0 spiro atoms. The van der Waals surface area contributed by atoms with E-state index in [4.69, 9.17) is 4.74 Å². The van der Waals surface area contributed by atoms with E-state index in [2.05, 4.69) is 6.92 Å². The number of hydrogen-bond acceptors (Lipinski definition) is 3. The standard InChI is InChI=1S/C11H21NO3/c1-3-15-7-5-11(14)12-6-4-9(2)10(12)8-13/h9-10,13H,3-8H2,1-2H3. The Kier molecular flexibility index (Phi) is 5.05. The zero-order chi connectivity index (χ0) is 11.3. The summed E-state index contributed by atoms with van der Waals surface area (Å²) in [6.45, 7) is 5.97. The number of aliphatic hydroxyl groups excluding tert-OH is 1. The fourth-order valence-corrected chi connectivity index (χ4v) is 2.04. The van der Waals surface area contributed by atoms with Crippen LogP contribution >= 0.6 is 0 Å². The molecule has 1 N–H and O–H groups in total. The van der Waals surface area contributed by atoms with Crippen LogP contribution in [-0.2, 0) is 9.53 Å². The van der Waals surface area contributed by atoms with Gasteiger partial charge in [0.05, 0.1) is 25.7 Å². The Hall–Kier alpha value is -0.610. The first-order valence-corrected chi connectivity index (χ1v) is 5.68. The lowest BCUT2D eigenvalue weighted by Gasteiger charge is -2.25. The highest BCUT2D eigenvalue weighted by molar-refractivity contribution is 5.77. The summed E-state index contributed by atoms with van der Waals surface area (Å²) >= 11 is 0. The van der Waals surface area contributed by atoms with E-state index in [-0.39, 0.29) is 18.6 Å². The third-order valence-corrected chi connectivity index (χ3v) is 3.05. The van der Waals surface area contributed by atoms with E-state index in [0.717, 1.165) is 13.0 Å². The molecule has 0 aromatic rings. The third-order valence-electron chi connectivity index (χ3n) is 3.05. The monoisotopic (exact) mass is 215 g/mol. The van der Waals surface area contributed by atoms with Gasteiger partial charge in [0.15, 0.2) is 0 Å². The molecule has 4 nitrogen and oxygen atoms in total. The fourth-order valence-electron chi connectivity index (χ4n) is 2.04. The van der Waals surface area contributed by atoms with Gasteiger partial charge in [-0.05, 0) is 19.3 Å². The fraction of sp³-hybridized carbons (Fsp3) is 0.909. The van der Waals surface area contributed by atoms with Crippen molar-refractivity contribution in [3.05, 3.63) is 0 Å². The van der Waals surface area contributed by atoms with Crippen LogP contribution < -0.4 is 0 Å². The Morgan fingerprint density at radius 1 is 1.60 bits per heavy atom. The zero-order valence-electron chi connectivity index (χ0n) is 9.61. The smallest absolute Gasteiger partial charge is 0.225 e. The van der Waals surface area contributed by atoms with E-state index in [1.165, 1.54) is 0 Å². The maximum atomic E-state index is 11.8. The lowest BCUT2D eigenvalue weighted by molar-refractivity contribution is -0.134. The average molecular weight is 215 g/mol. The van der Waals surface area contributed by atoms with Crippen molar-refractivity contribution in [1.82, 2.24) is 4.90 Å². The lowest BCUT2D eigenvalue weighted by Crippen LogP contribution is -2.40. The summed E-state index contributed by atoms with van der Waals surface area (Å²) < 4.78 is 5.15. The third kappa shape index (κ3) is 3.18. The van der Waals surface area contributed by atoms with E-state index in [1.807, 2.05) is 6.92 Å². The molecule has 88 valence electrons. The average Bonchev–Trinajstić information content (AvgIpc) is 2.59. The molecule has 0 saturated carbocycles. The summed E-state index contributed by atoms with van der Waals surface area (Å²) in [5.74, 6) is 0.512. The maximum absolute atomic E-state index is 11.8. The van der Waals surface area contributed by atoms with Crippen molar-refractivity contribution in [3.8, 4) is 0 Å². The van der Waals surface area contributed by atoms with Gasteiger partial charge in [-0.2, -0.15) is 0 Å². The van der Waals surface area contributed by atoms with Gasteiger partial charge in [0.1, 0.15) is 0 Å². The first kappa shape index (κ1) is 12.5. The van der Waals surface area contributed by atoms with Crippen LogP contribution in [0.15, 0.2) is 0 Å². The first-order valence-electron chi connectivity index (χ1n) is 5.68. The summed E-state index contributed by atoms with van der Waals surface area (Å²) in [4.78, 5) is 13.6. The van der Waals surface area contributed by atoms with E-state index < -0.39 is 0 Å². The van der Waals surface area contributed by atoms with Crippen LogP contribution in [0.25, 0.3) is 0 Å². The van der Waals surface area contributed by atoms with Gasteiger partial charge in [0, 0.05) is 13.2 Å². The second-order valence-electron chi connectivity index (χ2n) is 4.05. The molecule has 2 unspecified atom stereocenters. The SMILES string of the molecule is CCOCCC(=O)N1CCC(C)C1CO. The first-order chi connectivity index (χ1) is 7.20. The van der Waals surface area contributed by atoms with Gasteiger partial charge in [-0.25, -0.2) is 0 Å². The molecule has 1 saturated heterocycles. The van der Waals surface area contributed by atoms with Crippen LogP contribution in [0.4, 0.5) is 0 Å². The van der Waals surface area contributed by atoms with Crippen molar-refractivity contribution in [2.75, 3.05) is 26.4 Å². The summed E-state index contributed by atoms with van der Waals surface area (Å²) in [5.41, 5.74) is 0. The topological polar surface area (TPSA) is 49.8 Å². The molecule has 0 bridgehead atoms. The number of nitrogens with zero attached hydrogens (tertiary/aromatic N) is 1. The van der Waals surface area contributed by atoms with Gasteiger partial charge in [0.2, 0.25) is 5.91 Å². The molecule has 1 amide bonds. The number of likely N-dealkylation sites (tertiary alicyclic amines) is 1. The van der Waals surface area contributed by atoms with Gasteiger partial charge in [-0.3, -0.25) is 4.79 Å². The zero-order valence-corrected chi connectivity index (χ0v) is 9.61. The second-order valence-corrected chi connectivity index (χ2v) is 4.05. The molecular formula is C11H21NO3. The summed E-state index contributed by atoms with van der Waals surface area (Å²) in [5, 5.41) is 9.20. The Morgan fingerprint density at radius 2 is 2.33 bits per heavy atom. The molecule has 1 fully saturated rings. The Bertz CT molecular complexity index is 208. The van der Waals surface area contributed by atoms with Crippen molar-refractivity contribution >= 4 is 5.91 Å². The number of carbonyl (C=O) groups is 1. The molecular weight excluding hydrogens is 194 g/mol. The highest BCUT2D eigenvalue weighted by atomic mass is 16.5. The van der Waals surface area contributed by atoms with E-state index in [1.54, 1.807) is 4.90 Å². The number of amides is 1. The molecule has 4 heteroatoms.